The number of aliphatic hydroxyl groups excluding tert-OH is 9. The number of carboxylic acids is 1. The van der Waals surface area contributed by atoms with E-state index in [1.165, 1.54) is 68.8 Å². The van der Waals surface area contributed by atoms with E-state index in [1.54, 1.807) is 0 Å². The Morgan fingerprint density at radius 2 is 0.953 bits per heavy atom. The van der Waals surface area contributed by atoms with Crippen molar-refractivity contribution in [3.8, 4) is 51.7 Å². The summed E-state index contributed by atoms with van der Waals surface area (Å²) < 4.78 is 66.8. The van der Waals surface area contributed by atoms with Gasteiger partial charge in [0.2, 0.25) is 18.9 Å². The zero-order valence-electron chi connectivity index (χ0n) is 45.1. The van der Waals surface area contributed by atoms with Crippen molar-refractivity contribution in [2.45, 2.75) is 105 Å². The maximum atomic E-state index is 12.7. The van der Waals surface area contributed by atoms with Crippen molar-refractivity contribution in [3.63, 3.8) is 0 Å². The van der Waals surface area contributed by atoms with E-state index in [4.69, 9.17) is 61.9 Å². The van der Waals surface area contributed by atoms with Crippen molar-refractivity contribution >= 4 is 42.1 Å². The highest BCUT2D eigenvalue weighted by molar-refractivity contribution is 5.90. The molecule has 464 valence electrons. The van der Waals surface area contributed by atoms with Gasteiger partial charge in [-0.05, 0) is 65.8 Å². The Kier molecular flexibility index (Phi) is 20.4. The molecule has 3 fully saturated rings. The number of hydrogen-bond donors (Lipinski definition) is 14. The molecule has 4 aromatic rings. The molecule has 16 atom stereocenters. The number of methoxy groups -OCH3 is 2. The molecule has 16 unspecified atom stereocenters. The summed E-state index contributed by atoms with van der Waals surface area (Å²) in [5.74, 6) is -7.49. The number of carboxylic acid groups (broad SMARTS) is 1. The van der Waals surface area contributed by atoms with Gasteiger partial charge in [0.1, 0.15) is 122 Å². The number of ether oxygens (including phenoxy) is 12. The fourth-order valence-corrected chi connectivity index (χ4v) is 8.96. The smallest absolute Gasteiger partial charge is 0.330 e. The molecule has 4 aromatic carbocycles. The number of benzene rings is 4. The molecule has 0 aliphatic carbocycles. The minimum atomic E-state index is -2.09. The molecule has 0 aromatic heterocycles. The Labute approximate surface area is 485 Å². The third-order valence-electron chi connectivity index (χ3n) is 13.6. The van der Waals surface area contributed by atoms with E-state index in [-0.39, 0.29) is 45.6 Å². The number of phenols is 4. The van der Waals surface area contributed by atoms with Crippen molar-refractivity contribution in [2.24, 2.45) is 0 Å². The molecule has 0 bridgehead atoms. The molecule has 0 radical (unpaired) electrons. The number of rotatable bonds is 21. The van der Waals surface area contributed by atoms with Crippen LogP contribution < -0.4 is 23.7 Å². The van der Waals surface area contributed by atoms with E-state index in [9.17, 15) is 85.6 Å². The second-order valence-electron chi connectivity index (χ2n) is 19.6. The molecular formula is C56H60O30. The fraction of sp³-hybridized carbons (Fsp3) is 0.393. The topological polar surface area (TPSA) is 462 Å². The SMILES string of the molecule is COc1cc(C=CC(=O)OCC2OC(Oc3cc(O)c4c(c3)OC(c3ccc(O)c(OC5OC(COC(=O)C=Cc6ccc(O)c(OC)c6)C(O)C(O)C5O)c3)C(OC3OC(COC(=O)CC(=O)O)C(O)C(O)C3O)=C4)C(O)C(O)C2O)ccc1O. The van der Waals surface area contributed by atoms with E-state index < -0.39 is 171 Å². The predicted octanol–water partition coefficient (Wildman–Crippen LogP) is -1.27. The lowest BCUT2D eigenvalue weighted by Gasteiger charge is -2.41. The van der Waals surface area contributed by atoms with E-state index >= 15 is 0 Å². The quantitative estimate of drug-likeness (QED) is 0.0200. The van der Waals surface area contributed by atoms with E-state index in [1.807, 2.05) is 0 Å². The first-order valence-electron chi connectivity index (χ1n) is 25.9. The molecule has 0 amide bonds. The lowest BCUT2D eigenvalue weighted by molar-refractivity contribution is -0.294. The molecule has 30 heteroatoms. The van der Waals surface area contributed by atoms with Crippen LogP contribution in [0.15, 0.2) is 84.6 Å². The summed E-state index contributed by atoms with van der Waals surface area (Å²) in [7, 11) is 2.66. The Hall–Kier alpha value is -8.50. The number of aliphatic carboxylic acids is 1. The highest BCUT2D eigenvalue weighted by Gasteiger charge is 2.49. The highest BCUT2D eigenvalue weighted by Crippen LogP contribution is 2.47. The molecule has 0 saturated carbocycles. The standard InChI is InChI=1S/C56H60O30/c1-75-33-13-23(3-8-28(33)57)5-11-41(63)77-20-37-44(66)47(69)50(72)54(84-37)80-26-16-31(60)27-18-36(83-56-52(74)49(71)46(68)39(86-56)22-79-43(65)19-40(61)62)53(81-32(27)17-26)25-7-10-30(59)35(15-25)82-55-51(73)48(70)45(67)38(85-55)21-78-42(64)12-6-24-4-9-29(58)34(14-24)76-2/h3-18,37-39,44-60,66-74H,19-22H2,1-2H3,(H,61,62). The third-order valence-corrected chi connectivity index (χ3v) is 13.6. The van der Waals surface area contributed by atoms with E-state index in [0.29, 0.717) is 11.1 Å². The Balaban J connectivity index is 1.03. The number of aromatic hydroxyl groups is 4. The zero-order chi connectivity index (χ0) is 62.3. The van der Waals surface area contributed by atoms with Crippen LogP contribution in [0, 0.1) is 0 Å². The van der Waals surface area contributed by atoms with Gasteiger partial charge >= 0.3 is 23.9 Å². The van der Waals surface area contributed by atoms with Crippen LogP contribution in [0.1, 0.15) is 34.8 Å². The van der Waals surface area contributed by atoms with Gasteiger partial charge in [-0.3, -0.25) is 9.59 Å². The summed E-state index contributed by atoms with van der Waals surface area (Å²) in [4.78, 5) is 48.6. The molecular weight excluding hydrogens is 1150 g/mol. The molecule has 4 aliphatic heterocycles. The first-order chi connectivity index (χ1) is 40.9. The van der Waals surface area contributed by atoms with Gasteiger partial charge in [-0.2, -0.15) is 0 Å². The number of phenolic OH excluding ortho intramolecular Hbond substituents is 4. The van der Waals surface area contributed by atoms with Gasteiger partial charge in [0.05, 0.1) is 19.8 Å². The fourth-order valence-electron chi connectivity index (χ4n) is 8.96. The predicted molar refractivity (Wildman–Crippen MR) is 282 cm³/mol. The number of hydrogen-bond acceptors (Lipinski definition) is 29. The summed E-state index contributed by atoms with van der Waals surface area (Å²) in [6, 6.07) is 14.0. The van der Waals surface area contributed by atoms with E-state index in [0.717, 1.165) is 42.5 Å². The lowest BCUT2D eigenvalue weighted by atomic mass is 9.98. The maximum absolute atomic E-state index is 12.7. The Morgan fingerprint density at radius 1 is 0.500 bits per heavy atom. The minimum absolute atomic E-state index is 0.0573. The average molecular weight is 1210 g/mol. The van der Waals surface area contributed by atoms with Crippen molar-refractivity contribution in [3.05, 3.63) is 107 Å². The second-order valence-corrected chi connectivity index (χ2v) is 19.6. The average Bonchev–Trinajstić information content (AvgIpc) is 1.48. The number of fused-ring (bicyclic) bond motifs is 1. The molecule has 3 saturated heterocycles. The number of carbonyl (C=O) groups excluding carboxylic acids is 3. The summed E-state index contributed by atoms with van der Waals surface area (Å²) in [5.41, 5.74) is 0.621. The van der Waals surface area contributed by atoms with Gasteiger partial charge in [-0.15, -0.1) is 0 Å². The number of aliphatic hydroxyl groups is 9. The maximum Gasteiger partial charge on any atom is 0.330 e. The highest BCUT2D eigenvalue weighted by atomic mass is 16.7. The number of esters is 3. The first-order valence-corrected chi connectivity index (χ1v) is 25.9. The minimum Gasteiger partial charge on any atom is -0.507 e. The normalized spacial score (nSPS) is 28.9. The van der Waals surface area contributed by atoms with Crippen LogP contribution in [0.25, 0.3) is 18.2 Å². The molecule has 86 heavy (non-hydrogen) atoms. The first kappa shape index (κ1) is 63.5. The summed E-state index contributed by atoms with van der Waals surface area (Å²) in [6.45, 7) is -2.25. The van der Waals surface area contributed by atoms with Crippen LogP contribution in [0.4, 0.5) is 0 Å². The summed E-state index contributed by atoms with van der Waals surface area (Å²) >= 11 is 0. The summed E-state index contributed by atoms with van der Waals surface area (Å²) in [6.07, 6.45) is -25.1. The van der Waals surface area contributed by atoms with E-state index in [2.05, 4.69) is 0 Å². The van der Waals surface area contributed by atoms with Gasteiger partial charge < -0.3 is 128 Å². The van der Waals surface area contributed by atoms with Gasteiger partial charge in [-0.25, -0.2) is 9.59 Å². The molecule has 8 rings (SSSR count). The third kappa shape index (κ3) is 14.9. The van der Waals surface area contributed by atoms with Gasteiger partial charge in [0.25, 0.3) is 0 Å². The van der Waals surface area contributed by atoms with Crippen LogP contribution in [-0.2, 0) is 52.3 Å². The van der Waals surface area contributed by atoms with Crippen LogP contribution in [-0.4, -0.2) is 222 Å². The number of carbonyl (C=O) groups is 4. The van der Waals surface area contributed by atoms with Crippen molar-refractivity contribution in [1.82, 2.24) is 0 Å². The van der Waals surface area contributed by atoms with Crippen molar-refractivity contribution in [2.75, 3.05) is 34.0 Å². The van der Waals surface area contributed by atoms with Crippen LogP contribution >= 0.6 is 0 Å². The van der Waals surface area contributed by atoms with Gasteiger partial charge in [0.15, 0.2) is 40.6 Å². The molecule has 30 nitrogen and oxygen atoms in total. The van der Waals surface area contributed by atoms with Crippen LogP contribution in [0.2, 0.25) is 0 Å². The lowest BCUT2D eigenvalue weighted by Crippen LogP contribution is -2.60. The molecule has 14 N–H and O–H groups in total. The van der Waals surface area contributed by atoms with Gasteiger partial charge in [0, 0.05) is 29.8 Å². The van der Waals surface area contributed by atoms with Crippen LogP contribution in [0.5, 0.6) is 51.7 Å². The molecule has 0 spiro atoms. The molecule has 4 heterocycles. The monoisotopic (exact) mass is 1210 g/mol. The van der Waals surface area contributed by atoms with Crippen molar-refractivity contribution < 1.29 is 148 Å². The Morgan fingerprint density at radius 3 is 1.44 bits per heavy atom. The molecule has 4 aliphatic rings. The van der Waals surface area contributed by atoms with Crippen molar-refractivity contribution in [1.29, 1.82) is 0 Å². The summed E-state index contributed by atoms with van der Waals surface area (Å²) in [5, 5.41) is 150. The Bertz CT molecular complexity index is 3180. The second kappa shape index (κ2) is 27.7. The van der Waals surface area contributed by atoms with Gasteiger partial charge in [-0.1, -0.05) is 18.2 Å². The van der Waals surface area contributed by atoms with Crippen LogP contribution in [0.3, 0.4) is 0 Å². The zero-order valence-corrected chi connectivity index (χ0v) is 45.1. The largest absolute Gasteiger partial charge is 0.507 e.